The van der Waals surface area contributed by atoms with E-state index in [1.165, 1.54) is 24.3 Å². The average Bonchev–Trinajstić information content (AvgIpc) is 3.49. The number of hydrogen-bond donors (Lipinski definition) is 2. The van der Waals surface area contributed by atoms with Gasteiger partial charge in [-0.3, -0.25) is 9.69 Å². The lowest BCUT2D eigenvalue weighted by molar-refractivity contribution is -0.138. The number of amides is 1. The molecule has 2 atom stereocenters. The first kappa shape index (κ1) is 25.0. The van der Waals surface area contributed by atoms with Gasteiger partial charge in [-0.25, -0.2) is 4.79 Å². The Balaban J connectivity index is 1.42. The number of nitrogens with one attached hydrogen (secondary N) is 1. The summed E-state index contributed by atoms with van der Waals surface area (Å²) in [6, 6.07) is 11.0. The number of carbonyl (C=O) groups excluding carboxylic acids is 1. The topological polar surface area (TPSA) is 78.9 Å². The van der Waals surface area contributed by atoms with Gasteiger partial charge in [0, 0.05) is 13.1 Å². The van der Waals surface area contributed by atoms with E-state index in [-0.39, 0.29) is 29.4 Å². The van der Waals surface area contributed by atoms with Crippen molar-refractivity contribution in [2.24, 2.45) is 0 Å². The summed E-state index contributed by atoms with van der Waals surface area (Å²) in [6.07, 6.45) is -0.852. The van der Waals surface area contributed by atoms with Crippen LogP contribution >= 0.6 is 0 Å². The molecule has 1 saturated carbocycles. The van der Waals surface area contributed by atoms with Gasteiger partial charge >= 0.3 is 12.1 Å². The zero-order chi connectivity index (χ0) is 25.2. The molecule has 2 fully saturated rings. The molecule has 1 amide bonds. The molecule has 2 aromatic carbocycles. The Hall–Kier alpha value is -3.07. The zero-order valence-electron chi connectivity index (χ0n) is 19.5. The Morgan fingerprint density at radius 1 is 1.14 bits per heavy atom. The lowest BCUT2D eigenvalue weighted by Crippen LogP contribution is -2.57. The quantitative estimate of drug-likeness (QED) is 0.568. The number of hydrogen-bond acceptors (Lipinski definition) is 4. The maximum Gasteiger partial charge on any atom is 0.416 e. The third kappa shape index (κ3) is 5.45. The van der Waals surface area contributed by atoms with Crippen LogP contribution in [0.15, 0.2) is 48.5 Å². The number of carboxylic acids is 1. The van der Waals surface area contributed by atoms with Crippen molar-refractivity contribution in [3.05, 3.63) is 65.2 Å². The maximum atomic E-state index is 13.5. The summed E-state index contributed by atoms with van der Waals surface area (Å²) < 4.78 is 45.0. The minimum Gasteiger partial charge on any atom is -0.489 e. The molecule has 0 radical (unpaired) electrons. The highest BCUT2D eigenvalue weighted by Gasteiger charge is 2.49. The molecule has 9 heteroatoms. The highest BCUT2D eigenvalue weighted by atomic mass is 19.4. The van der Waals surface area contributed by atoms with E-state index in [9.17, 15) is 22.8 Å². The van der Waals surface area contributed by atoms with Crippen LogP contribution in [0, 0.1) is 0 Å². The summed E-state index contributed by atoms with van der Waals surface area (Å²) >= 11 is 0. The molecule has 1 heterocycles. The Bertz CT molecular complexity index is 1070. The molecule has 188 valence electrons. The molecule has 0 bridgehead atoms. The predicted octanol–water partition coefficient (Wildman–Crippen LogP) is 5.05. The number of likely N-dealkylation sites (tertiary alicyclic amines) is 1. The van der Waals surface area contributed by atoms with Crippen molar-refractivity contribution < 1.29 is 32.6 Å². The van der Waals surface area contributed by atoms with Crippen LogP contribution < -0.4 is 10.1 Å². The summed E-state index contributed by atoms with van der Waals surface area (Å²) in [5, 5.41) is 12.2. The van der Waals surface area contributed by atoms with Gasteiger partial charge in [0.15, 0.2) is 0 Å². The largest absolute Gasteiger partial charge is 0.489 e. The van der Waals surface area contributed by atoms with E-state index >= 15 is 0 Å². The fraction of sp³-hybridized carbons (Fsp3) is 0.462. The summed E-state index contributed by atoms with van der Waals surface area (Å²) in [4.78, 5) is 26.7. The summed E-state index contributed by atoms with van der Waals surface area (Å²) in [6.45, 7) is 2.95. The molecule has 1 aliphatic carbocycles. The highest BCUT2D eigenvalue weighted by Crippen LogP contribution is 2.39. The summed E-state index contributed by atoms with van der Waals surface area (Å²) in [7, 11) is 0. The van der Waals surface area contributed by atoms with E-state index in [0.29, 0.717) is 32.4 Å². The van der Waals surface area contributed by atoms with Crippen molar-refractivity contribution in [2.45, 2.75) is 62.9 Å². The van der Waals surface area contributed by atoms with Gasteiger partial charge in [-0.1, -0.05) is 31.0 Å². The molecular weight excluding hydrogens is 461 g/mol. The number of carbonyl (C=O) groups is 2. The first-order chi connectivity index (χ1) is 16.6. The minimum atomic E-state index is -4.43. The number of benzene rings is 2. The first-order valence-corrected chi connectivity index (χ1v) is 11.8. The van der Waals surface area contributed by atoms with Crippen LogP contribution in [0.2, 0.25) is 0 Å². The molecule has 2 N–H and O–H groups in total. The lowest BCUT2D eigenvalue weighted by Gasteiger charge is -2.38. The van der Waals surface area contributed by atoms with Crippen molar-refractivity contribution in [1.82, 2.24) is 10.2 Å². The fourth-order valence-corrected chi connectivity index (χ4v) is 5.13. The van der Waals surface area contributed by atoms with Crippen LogP contribution in [0.4, 0.5) is 13.2 Å². The van der Waals surface area contributed by atoms with Gasteiger partial charge in [-0.2, -0.15) is 13.2 Å². The second kappa shape index (κ2) is 9.89. The predicted molar refractivity (Wildman–Crippen MR) is 123 cm³/mol. The molecule has 4 rings (SSSR count). The smallest absolute Gasteiger partial charge is 0.416 e. The minimum absolute atomic E-state index is 0.0791. The van der Waals surface area contributed by atoms with Gasteiger partial charge in [0.2, 0.25) is 5.91 Å². The van der Waals surface area contributed by atoms with Crippen LogP contribution in [0.3, 0.4) is 0 Å². The lowest BCUT2D eigenvalue weighted by atomic mass is 9.93. The standard InChI is InChI=1S/C26H29F3N2O4/c1-17(18-7-9-19(10-8-18)23(32)33)30-24(34)25(12-2-3-13-25)31-14-11-22(16-31)35-21-6-4-5-20(15-21)26(27,28)29/h4-10,15,17,22H,2-3,11-14,16H2,1H3,(H,30,34)(H,32,33)/t17-,22+/m0/s1. The van der Waals surface area contributed by atoms with Gasteiger partial charge in [0.25, 0.3) is 0 Å². The van der Waals surface area contributed by atoms with E-state index in [0.717, 1.165) is 30.5 Å². The second-order valence-corrected chi connectivity index (χ2v) is 9.36. The third-order valence-corrected chi connectivity index (χ3v) is 7.07. The number of carboxylic acid groups (broad SMARTS) is 1. The van der Waals surface area contributed by atoms with Crippen molar-refractivity contribution in [3.63, 3.8) is 0 Å². The monoisotopic (exact) mass is 490 g/mol. The van der Waals surface area contributed by atoms with Gasteiger partial charge in [-0.05, 0) is 62.1 Å². The molecule has 0 spiro atoms. The molecule has 6 nitrogen and oxygen atoms in total. The van der Waals surface area contributed by atoms with Crippen LogP contribution in [-0.2, 0) is 11.0 Å². The molecule has 0 unspecified atom stereocenters. The Morgan fingerprint density at radius 3 is 2.46 bits per heavy atom. The number of halogens is 3. The molecule has 1 aliphatic heterocycles. The van der Waals surface area contributed by atoms with Gasteiger partial charge in [0.05, 0.1) is 17.2 Å². The molecule has 2 aromatic rings. The summed E-state index contributed by atoms with van der Waals surface area (Å²) in [5.74, 6) is -0.909. The van der Waals surface area contributed by atoms with E-state index < -0.39 is 23.2 Å². The third-order valence-electron chi connectivity index (χ3n) is 7.07. The average molecular weight is 491 g/mol. The Morgan fingerprint density at radius 2 is 1.83 bits per heavy atom. The van der Waals surface area contributed by atoms with Crippen molar-refractivity contribution in [3.8, 4) is 5.75 Å². The number of ether oxygens (including phenoxy) is 1. The van der Waals surface area contributed by atoms with Gasteiger partial charge in [-0.15, -0.1) is 0 Å². The van der Waals surface area contributed by atoms with Crippen LogP contribution in [-0.4, -0.2) is 46.6 Å². The molecule has 1 saturated heterocycles. The van der Waals surface area contributed by atoms with Crippen molar-refractivity contribution in [1.29, 1.82) is 0 Å². The van der Waals surface area contributed by atoms with Crippen LogP contribution in [0.1, 0.15) is 66.6 Å². The molecule has 35 heavy (non-hydrogen) atoms. The Kier molecular flexibility index (Phi) is 7.07. The zero-order valence-corrected chi connectivity index (χ0v) is 19.5. The fourth-order valence-electron chi connectivity index (χ4n) is 5.13. The SMILES string of the molecule is C[C@H](NC(=O)C1(N2CC[C@@H](Oc3cccc(C(F)(F)F)c3)C2)CCCC1)c1ccc(C(=O)O)cc1. The van der Waals surface area contributed by atoms with Crippen molar-refractivity contribution >= 4 is 11.9 Å². The Labute approximate surface area is 202 Å². The number of rotatable bonds is 7. The van der Waals surface area contributed by atoms with E-state index in [1.807, 2.05) is 6.92 Å². The van der Waals surface area contributed by atoms with Crippen molar-refractivity contribution in [2.75, 3.05) is 13.1 Å². The number of nitrogens with zero attached hydrogens (tertiary/aromatic N) is 1. The van der Waals surface area contributed by atoms with Gasteiger partial charge < -0.3 is 15.2 Å². The van der Waals surface area contributed by atoms with Gasteiger partial charge in [0.1, 0.15) is 17.4 Å². The molecular formula is C26H29F3N2O4. The van der Waals surface area contributed by atoms with E-state index in [4.69, 9.17) is 9.84 Å². The number of aromatic carboxylic acids is 1. The molecule has 0 aromatic heterocycles. The van der Waals surface area contributed by atoms with Crippen LogP contribution in [0.5, 0.6) is 5.75 Å². The second-order valence-electron chi connectivity index (χ2n) is 9.36. The number of alkyl halides is 3. The molecule has 2 aliphatic rings. The summed E-state index contributed by atoms with van der Waals surface area (Å²) in [5.41, 5.74) is -0.435. The highest BCUT2D eigenvalue weighted by molar-refractivity contribution is 5.88. The first-order valence-electron chi connectivity index (χ1n) is 11.8. The maximum absolute atomic E-state index is 13.5. The van der Waals surface area contributed by atoms with E-state index in [2.05, 4.69) is 10.2 Å². The van der Waals surface area contributed by atoms with E-state index in [1.54, 1.807) is 12.1 Å². The van der Waals surface area contributed by atoms with Crippen LogP contribution in [0.25, 0.3) is 0 Å². The normalized spacial score (nSPS) is 21.0.